The molecule has 0 saturated heterocycles. The van der Waals surface area contributed by atoms with Crippen LogP contribution in [0.15, 0.2) is 41.5 Å². The lowest BCUT2D eigenvalue weighted by Gasteiger charge is -2.06. The van der Waals surface area contributed by atoms with Gasteiger partial charge in [-0.05, 0) is 23.8 Å². The summed E-state index contributed by atoms with van der Waals surface area (Å²) in [5.74, 6) is 0. The molecule has 0 fully saturated rings. The summed E-state index contributed by atoms with van der Waals surface area (Å²) in [6.07, 6.45) is 3.13. The first-order valence-corrected chi connectivity index (χ1v) is 5.10. The topological polar surface area (TPSA) is 60.9 Å². The number of aromatic nitrogens is 2. The van der Waals surface area contributed by atoms with E-state index in [1.54, 1.807) is 30.5 Å². The van der Waals surface area contributed by atoms with E-state index >= 15 is 0 Å². The normalized spacial score (nSPS) is 10.3. The highest BCUT2D eigenvalue weighted by atomic mass is 35.5. The molecule has 1 heterocycles. The summed E-state index contributed by atoms with van der Waals surface area (Å²) in [7, 11) is 0. The SMILES string of the molecule is Nc1ccc(Cn2cccnc2=O)c(Cl)c1. The minimum Gasteiger partial charge on any atom is -0.399 e. The zero-order valence-electron chi connectivity index (χ0n) is 8.43. The molecular formula is C11H10ClN3O. The second kappa shape index (κ2) is 4.37. The number of anilines is 1. The van der Waals surface area contributed by atoms with Gasteiger partial charge in [-0.1, -0.05) is 17.7 Å². The van der Waals surface area contributed by atoms with Gasteiger partial charge < -0.3 is 5.73 Å². The molecule has 0 amide bonds. The molecule has 0 saturated carbocycles. The Morgan fingerprint density at radius 1 is 1.44 bits per heavy atom. The van der Waals surface area contributed by atoms with Gasteiger partial charge in [0.05, 0.1) is 6.54 Å². The third kappa shape index (κ3) is 2.23. The predicted octanol–water partition coefficient (Wildman–Crippen LogP) is 1.53. The van der Waals surface area contributed by atoms with Crippen molar-refractivity contribution >= 4 is 17.3 Å². The highest BCUT2D eigenvalue weighted by Crippen LogP contribution is 2.19. The van der Waals surface area contributed by atoms with Crippen molar-refractivity contribution in [2.45, 2.75) is 6.54 Å². The number of nitrogens with two attached hydrogens (primary N) is 1. The summed E-state index contributed by atoms with van der Waals surface area (Å²) in [5.41, 5.74) is 6.73. The Kier molecular flexibility index (Phi) is 2.92. The lowest BCUT2D eigenvalue weighted by atomic mass is 10.2. The third-order valence-corrected chi connectivity index (χ3v) is 2.55. The molecule has 0 atom stereocenters. The summed E-state index contributed by atoms with van der Waals surface area (Å²) in [6.45, 7) is 0.395. The van der Waals surface area contributed by atoms with E-state index in [9.17, 15) is 4.79 Å². The maximum Gasteiger partial charge on any atom is 0.347 e. The average Bonchev–Trinajstić information content (AvgIpc) is 2.25. The van der Waals surface area contributed by atoms with Crippen molar-refractivity contribution in [3.8, 4) is 0 Å². The number of hydrogen-bond donors (Lipinski definition) is 1. The largest absolute Gasteiger partial charge is 0.399 e. The number of nitrogen functional groups attached to an aromatic ring is 1. The lowest BCUT2D eigenvalue weighted by molar-refractivity contribution is 0.727. The number of nitrogens with zero attached hydrogens (tertiary/aromatic N) is 2. The summed E-state index contributed by atoms with van der Waals surface area (Å²) in [5, 5.41) is 0.552. The van der Waals surface area contributed by atoms with Gasteiger partial charge in [0.1, 0.15) is 0 Å². The first kappa shape index (κ1) is 10.7. The second-order valence-corrected chi connectivity index (χ2v) is 3.79. The fourth-order valence-electron chi connectivity index (χ4n) is 1.38. The molecule has 0 radical (unpaired) electrons. The first-order chi connectivity index (χ1) is 7.66. The van der Waals surface area contributed by atoms with Gasteiger partial charge in [0, 0.05) is 23.1 Å². The van der Waals surface area contributed by atoms with E-state index in [0.717, 1.165) is 5.56 Å². The van der Waals surface area contributed by atoms with Crippen molar-refractivity contribution in [3.63, 3.8) is 0 Å². The van der Waals surface area contributed by atoms with Crippen LogP contribution in [0.3, 0.4) is 0 Å². The van der Waals surface area contributed by atoms with Crippen molar-refractivity contribution in [3.05, 3.63) is 57.7 Å². The Labute approximate surface area is 97.3 Å². The van der Waals surface area contributed by atoms with Crippen molar-refractivity contribution in [1.82, 2.24) is 9.55 Å². The van der Waals surface area contributed by atoms with Crippen LogP contribution < -0.4 is 11.4 Å². The minimum absolute atomic E-state index is 0.296. The quantitative estimate of drug-likeness (QED) is 0.803. The van der Waals surface area contributed by atoms with E-state index in [1.807, 2.05) is 0 Å². The molecule has 0 spiro atoms. The van der Waals surface area contributed by atoms with Gasteiger partial charge in [0.25, 0.3) is 0 Å². The van der Waals surface area contributed by atoms with Crippen LogP contribution in [0, 0.1) is 0 Å². The smallest absolute Gasteiger partial charge is 0.347 e. The maximum absolute atomic E-state index is 11.4. The summed E-state index contributed by atoms with van der Waals surface area (Å²) in [4.78, 5) is 15.0. The zero-order chi connectivity index (χ0) is 11.5. The van der Waals surface area contributed by atoms with Gasteiger partial charge in [-0.2, -0.15) is 0 Å². The first-order valence-electron chi connectivity index (χ1n) is 4.72. The van der Waals surface area contributed by atoms with E-state index < -0.39 is 0 Å². The summed E-state index contributed by atoms with van der Waals surface area (Å²) < 4.78 is 1.48. The Morgan fingerprint density at radius 2 is 2.25 bits per heavy atom. The van der Waals surface area contributed by atoms with Crippen LogP contribution in [0.1, 0.15) is 5.56 Å². The van der Waals surface area contributed by atoms with Gasteiger partial charge in [-0.25, -0.2) is 9.78 Å². The van der Waals surface area contributed by atoms with Crippen molar-refractivity contribution < 1.29 is 0 Å². The molecule has 5 heteroatoms. The van der Waals surface area contributed by atoms with Crippen LogP contribution in [0.2, 0.25) is 5.02 Å². The molecule has 1 aromatic heterocycles. The Bertz CT molecular complexity index is 565. The van der Waals surface area contributed by atoms with Crippen molar-refractivity contribution in [1.29, 1.82) is 0 Å². The van der Waals surface area contributed by atoms with Crippen LogP contribution in [0.5, 0.6) is 0 Å². The molecule has 0 aliphatic heterocycles. The molecule has 4 nitrogen and oxygen atoms in total. The fourth-order valence-corrected chi connectivity index (χ4v) is 1.63. The van der Waals surface area contributed by atoms with E-state index in [0.29, 0.717) is 17.3 Å². The van der Waals surface area contributed by atoms with Gasteiger partial charge in [0.2, 0.25) is 0 Å². The molecule has 0 bridgehead atoms. The molecule has 2 aromatic rings. The van der Waals surface area contributed by atoms with Crippen LogP contribution >= 0.6 is 11.6 Å². The zero-order valence-corrected chi connectivity index (χ0v) is 9.19. The molecule has 82 valence electrons. The van der Waals surface area contributed by atoms with Crippen LogP contribution in [-0.4, -0.2) is 9.55 Å². The third-order valence-electron chi connectivity index (χ3n) is 2.20. The van der Waals surface area contributed by atoms with Crippen molar-refractivity contribution in [2.75, 3.05) is 5.73 Å². The Balaban J connectivity index is 2.35. The number of benzene rings is 1. The number of halogens is 1. The fraction of sp³-hybridized carbons (Fsp3) is 0.0909. The summed E-state index contributed by atoms with van der Waals surface area (Å²) in [6, 6.07) is 6.92. The number of hydrogen-bond acceptors (Lipinski definition) is 3. The van der Waals surface area contributed by atoms with Crippen LogP contribution in [0.25, 0.3) is 0 Å². The molecular weight excluding hydrogens is 226 g/mol. The second-order valence-electron chi connectivity index (χ2n) is 3.38. The monoisotopic (exact) mass is 235 g/mol. The van der Waals surface area contributed by atoms with Crippen LogP contribution in [-0.2, 0) is 6.54 Å². The molecule has 0 aliphatic carbocycles. The predicted molar refractivity (Wildman–Crippen MR) is 63.5 cm³/mol. The van der Waals surface area contributed by atoms with E-state index in [2.05, 4.69) is 4.98 Å². The van der Waals surface area contributed by atoms with E-state index in [1.165, 1.54) is 10.8 Å². The van der Waals surface area contributed by atoms with E-state index in [4.69, 9.17) is 17.3 Å². The summed E-state index contributed by atoms with van der Waals surface area (Å²) >= 11 is 6.02. The van der Waals surface area contributed by atoms with Gasteiger partial charge in [0.15, 0.2) is 0 Å². The maximum atomic E-state index is 11.4. The molecule has 16 heavy (non-hydrogen) atoms. The standard InChI is InChI=1S/C11H10ClN3O/c12-10-6-9(13)3-2-8(10)7-15-5-1-4-14-11(15)16/h1-6H,7,13H2. The Hall–Kier alpha value is -1.81. The highest BCUT2D eigenvalue weighted by Gasteiger charge is 2.02. The minimum atomic E-state index is -0.296. The molecule has 2 N–H and O–H groups in total. The van der Waals surface area contributed by atoms with Gasteiger partial charge in [-0.3, -0.25) is 4.57 Å². The lowest BCUT2D eigenvalue weighted by Crippen LogP contribution is -2.22. The number of rotatable bonds is 2. The molecule has 0 aliphatic rings. The molecule has 2 rings (SSSR count). The van der Waals surface area contributed by atoms with Crippen LogP contribution in [0.4, 0.5) is 5.69 Å². The van der Waals surface area contributed by atoms with E-state index in [-0.39, 0.29) is 5.69 Å². The Morgan fingerprint density at radius 3 is 2.94 bits per heavy atom. The van der Waals surface area contributed by atoms with Crippen molar-refractivity contribution in [2.24, 2.45) is 0 Å². The molecule has 1 aromatic carbocycles. The average molecular weight is 236 g/mol. The highest BCUT2D eigenvalue weighted by molar-refractivity contribution is 6.31. The van der Waals surface area contributed by atoms with Gasteiger partial charge in [-0.15, -0.1) is 0 Å². The van der Waals surface area contributed by atoms with Gasteiger partial charge >= 0.3 is 5.69 Å². The molecule has 0 unspecified atom stereocenters.